The van der Waals surface area contributed by atoms with Crippen LogP contribution in [0.4, 0.5) is 5.69 Å². The summed E-state index contributed by atoms with van der Waals surface area (Å²) in [5.41, 5.74) is 1.26. The molecule has 114 valence electrons. The third kappa shape index (κ3) is 5.28. The molecule has 2 N–H and O–H groups in total. The van der Waals surface area contributed by atoms with E-state index >= 15 is 0 Å². The van der Waals surface area contributed by atoms with E-state index in [2.05, 4.69) is 10.6 Å². The Hall–Kier alpha value is -1.72. The van der Waals surface area contributed by atoms with Gasteiger partial charge < -0.3 is 15.4 Å². The summed E-state index contributed by atoms with van der Waals surface area (Å²) in [5, 5.41) is 6.04. The van der Waals surface area contributed by atoms with E-state index in [-0.39, 0.29) is 11.7 Å². The van der Waals surface area contributed by atoms with Crippen LogP contribution in [0.1, 0.15) is 36.5 Å². The molecule has 1 atom stereocenters. The maximum absolute atomic E-state index is 11.8. The van der Waals surface area contributed by atoms with Gasteiger partial charge in [-0.2, -0.15) is 0 Å². The number of anilines is 1. The molecule has 0 spiro atoms. The standard InChI is InChI=1S/C16H22N2O3/c1-12(19)13-4-2-5-14(10-13)18-16(20)7-8-17-11-15-6-3-9-21-15/h2,4-5,10,15,17H,3,6-9,11H2,1H3,(H,18,20). The zero-order valence-corrected chi connectivity index (χ0v) is 12.4. The minimum absolute atomic E-state index is 0.00988. The van der Waals surface area contributed by atoms with Crippen LogP contribution >= 0.6 is 0 Å². The van der Waals surface area contributed by atoms with Gasteiger partial charge in [-0.05, 0) is 31.9 Å². The van der Waals surface area contributed by atoms with Crippen LogP contribution in [-0.4, -0.2) is 37.5 Å². The van der Waals surface area contributed by atoms with Crippen molar-refractivity contribution in [2.75, 3.05) is 25.0 Å². The number of rotatable bonds is 7. The fourth-order valence-electron chi connectivity index (χ4n) is 2.31. The van der Waals surface area contributed by atoms with Crippen molar-refractivity contribution in [2.45, 2.75) is 32.3 Å². The van der Waals surface area contributed by atoms with Crippen molar-refractivity contribution in [1.29, 1.82) is 0 Å². The number of Topliss-reactive ketones (excluding diaryl/α,β-unsaturated/α-hetero) is 1. The fourth-order valence-corrected chi connectivity index (χ4v) is 2.31. The van der Waals surface area contributed by atoms with Gasteiger partial charge in [0.05, 0.1) is 6.10 Å². The molecule has 1 aromatic rings. The lowest BCUT2D eigenvalue weighted by Gasteiger charge is -2.11. The van der Waals surface area contributed by atoms with Crippen molar-refractivity contribution in [2.24, 2.45) is 0 Å². The molecule has 0 aromatic heterocycles. The normalized spacial score (nSPS) is 17.7. The van der Waals surface area contributed by atoms with Gasteiger partial charge in [0.15, 0.2) is 5.78 Å². The molecule has 1 unspecified atom stereocenters. The molecule has 1 amide bonds. The largest absolute Gasteiger partial charge is 0.377 e. The van der Waals surface area contributed by atoms with E-state index in [1.807, 2.05) is 0 Å². The number of amides is 1. The minimum Gasteiger partial charge on any atom is -0.377 e. The zero-order valence-electron chi connectivity index (χ0n) is 12.4. The maximum Gasteiger partial charge on any atom is 0.225 e. The van der Waals surface area contributed by atoms with Crippen LogP contribution in [0.2, 0.25) is 0 Å². The van der Waals surface area contributed by atoms with Gasteiger partial charge >= 0.3 is 0 Å². The van der Waals surface area contributed by atoms with Crippen LogP contribution < -0.4 is 10.6 Å². The van der Waals surface area contributed by atoms with Gasteiger partial charge in [0.2, 0.25) is 5.91 Å². The molecular formula is C16H22N2O3. The number of hydrogen-bond donors (Lipinski definition) is 2. The average molecular weight is 290 g/mol. The second-order valence-corrected chi connectivity index (χ2v) is 5.27. The van der Waals surface area contributed by atoms with Crippen LogP contribution in [0.3, 0.4) is 0 Å². The number of carbonyl (C=O) groups excluding carboxylic acids is 2. The first-order valence-corrected chi connectivity index (χ1v) is 7.38. The van der Waals surface area contributed by atoms with Gasteiger partial charge in [-0.3, -0.25) is 9.59 Å². The first-order chi connectivity index (χ1) is 10.1. The predicted molar refractivity (Wildman–Crippen MR) is 81.5 cm³/mol. The number of carbonyl (C=O) groups is 2. The number of nitrogens with one attached hydrogen (secondary N) is 2. The van der Waals surface area contributed by atoms with E-state index in [1.165, 1.54) is 6.92 Å². The Morgan fingerprint density at radius 3 is 2.95 bits per heavy atom. The molecule has 0 bridgehead atoms. The van der Waals surface area contributed by atoms with E-state index in [0.29, 0.717) is 30.3 Å². The highest BCUT2D eigenvalue weighted by molar-refractivity contribution is 5.97. The summed E-state index contributed by atoms with van der Waals surface area (Å²) >= 11 is 0. The highest BCUT2D eigenvalue weighted by atomic mass is 16.5. The van der Waals surface area contributed by atoms with Crippen LogP contribution in [-0.2, 0) is 9.53 Å². The summed E-state index contributed by atoms with van der Waals surface area (Å²) in [6, 6.07) is 6.98. The second-order valence-electron chi connectivity index (χ2n) is 5.27. The lowest BCUT2D eigenvalue weighted by Crippen LogP contribution is -2.29. The Kier molecular flexibility index (Phi) is 5.90. The van der Waals surface area contributed by atoms with Crippen molar-refractivity contribution in [3.8, 4) is 0 Å². The molecule has 5 heteroatoms. The molecule has 1 fully saturated rings. The zero-order chi connectivity index (χ0) is 15.1. The summed E-state index contributed by atoms with van der Waals surface area (Å²) in [7, 11) is 0. The van der Waals surface area contributed by atoms with E-state index in [9.17, 15) is 9.59 Å². The number of hydrogen-bond acceptors (Lipinski definition) is 4. The topological polar surface area (TPSA) is 67.4 Å². The van der Waals surface area contributed by atoms with Crippen LogP contribution in [0.15, 0.2) is 24.3 Å². The first kappa shape index (κ1) is 15.7. The Morgan fingerprint density at radius 2 is 2.24 bits per heavy atom. The van der Waals surface area contributed by atoms with Gasteiger partial charge in [0, 0.05) is 37.4 Å². The molecule has 1 aromatic carbocycles. The Labute approximate surface area is 125 Å². The predicted octanol–water partition coefficient (Wildman–Crippen LogP) is 1.99. The van der Waals surface area contributed by atoms with E-state index in [0.717, 1.165) is 26.0 Å². The van der Waals surface area contributed by atoms with Gasteiger partial charge in [-0.1, -0.05) is 12.1 Å². The summed E-state index contributed by atoms with van der Waals surface area (Å²) in [6.45, 7) is 3.78. The molecule has 0 radical (unpaired) electrons. The molecule has 21 heavy (non-hydrogen) atoms. The summed E-state index contributed by atoms with van der Waals surface area (Å²) in [4.78, 5) is 23.1. The number of ketones is 1. The second kappa shape index (κ2) is 7.90. The maximum atomic E-state index is 11.8. The number of ether oxygens (including phenoxy) is 1. The van der Waals surface area contributed by atoms with Gasteiger partial charge in [0.25, 0.3) is 0 Å². The summed E-state index contributed by atoms with van der Waals surface area (Å²) in [5.74, 6) is -0.0696. The molecule has 5 nitrogen and oxygen atoms in total. The van der Waals surface area contributed by atoms with Crippen molar-refractivity contribution < 1.29 is 14.3 Å². The molecule has 1 saturated heterocycles. The van der Waals surface area contributed by atoms with Crippen molar-refractivity contribution in [1.82, 2.24) is 5.32 Å². The third-order valence-corrected chi connectivity index (χ3v) is 3.48. The number of benzene rings is 1. The molecule has 2 rings (SSSR count). The highest BCUT2D eigenvalue weighted by Crippen LogP contribution is 2.12. The van der Waals surface area contributed by atoms with E-state index in [1.54, 1.807) is 24.3 Å². The third-order valence-electron chi connectivity index (χ3n) is 3.48. The van der Waals surface area contributed by atoms with E-state index < -0.39 is 0 Å². The first-order valence-electron chi connectivity index (χ1n) is 7.38. The SMILES string of the molecule is CC(=O)c1cccc(NC(=O)CCNCC2CCCO2)c1. The van der Waals surface area contributed by atoms with Gasteiger partial charge in [0.1, 0.15) is 0 Å². The lowest BCUT2D eigenvalue weighted by molar-refractivity contribution is -0.116. The quantitative estimate of drug-likeness (QED) is 0.595. The smallest absolute Gasteiger partial charge is 0.225 e. The van der Waals surface area contributed by atoms with Crippen LogP contribution in [0.5, 0.6) is 0 Å². The van der Waals surface area contributed by atoms with E-state index in [4.69, 9.17) is 4.74 Å². The monoisotopic (exact) mass is 290 g/mol. The molecule has 1 aliphatic rings. The average Bonchev–Trinajstić information content (AvgIpc) is 2.97. The highest BCUT2D eigenvalue weighted by Gasteiger charge is 2.14. The Bertz CT molecular complexity index is 496. The molecule has 1 aliphatic heterocycles. The van der Waals surface area contributed by atoms with Crippen LogP contribution in [0.25, 0.3) is 0 Å². The van der Waals surface area contributed by atoms with Crippen molar-refractivity contribution >= 4 is 17.4 Å². The van der Waals surface area contributed by atoms with Crippen LogP contribution in [0, 0.1) is 0 Å². The lowest BCUT2D eigenvalue weighted by atomic mass is 10.1. The molecular weight excluding hydrogens is 268 g/mol. The van der Waals surface area contributed by atoms with Gasteiger partial charge in [-0.15, -0.1) is 0 Å². The Morgan fingerprint density at radius 1 is 1.38 bits per heavy atom. The molecule has 1 heterocycles. The van der Waals surface area contributed by atoms with Crippen molar-refractivity contribution in [3.63, 3.8) is 0 Å². The summed E-state index contributed by atoms with van der Waals surface area (Å²) < 4.78 is 5.50. The minimum atomic E-state index is -0.0597. The summed E-state index contributed by atoms with van der Waals surface area (Å²) in [6.07, 6.45) is 2.91. The molecule has 0 saturated carbocycles. The molecule has 0 aliphatic carbocycles. The fraction of sp³-hybridized carbons (Fsp3) is 0.500. The van der Waals surface area contributed by atoms with Crippen molar-refractivity contribution in [3.05, 3.63) is 29.8 Å². The van der Waals surface area contributed by atoms with Gasteiger partial charge in [-0.25, -0.2) is 0 Å². The Balaban J connectivity index is 1.69.